The molecule has 94 valence electrons. The first kappa shape index (κ1) is 13.2. The van der Waals surface area contributed by atoms with E-state index in [2.05, 4.69) is 17.1 Å². The highest BCUT2D eigenvalue weighted by Crippen LogP contribution is 2.26. The van der Waals surface area contributed by atoms with Crippen molar-refractivity contribution in [1.82, 2.24) is 10.2 Å². The quantitative estimate of drug-likeness (QED) is 0.890. The molecule has 0 amide bonds. The van der Waals surface area contributed by atoms with E-state index in [1.807, 2.05) is 18.2 Å². The molecule has 1 unspecified atom stereocenters. The molecule has 0 spiro atoms. The molecule has 1 saturated heterocycles. The summed E-state index contributed by atoms with van der Waals surface area (Å²) in [5, 5.41) is 4.97. The van der Waals surface area contributed by atoms with Crippen molar-refractivity contribution in [3.8, 4) is 0 Å². The van der Waals surface area contributed by atoms with E-state index in [0.717, 1.165) is 41.8 Å². The molecule has 1 aromatic carbocycles. The second-order valence-electron chi connectivity index (χ2n) is 4.58. The third kappa shape index (κ3) is 3.35. The predicted octanol–water partition coefficient (Wildman–Crippen LogP) is 3.18. The molecule has 17 heavy (non-hydrogen) atoms. The van der Waals surface area contributed by atoms with Crippen LogP contribution < -0.4 is 5.32 Å². The third-order valence-electron chi connectivity index (χ3n) is 3.28. The van der Waals surface area contributed by atoms with Crippen LogP contribution in [0.25, 0.3) is 0 Å². The first-order valence-electron chi connectivity index (χ1n) is 6.06. The minimum atomic E-state index is 0.518. The van der Waals surface area contributed by atoms with Gasteiger partial charge in [-0.25, -0.2) is 0 Å². The highest BCUT2D eigenvalue weighted by molar-refractivity contribution is 6.35. The molecule has 1 aliphatic heterocycles. The van der Waals surface area contributed by atoms with Gasteiger partial charge < -0.3 is 5.32 Å². The van der Waals surface area contributed by atoms with Crippen LogP contribution in [-0.2, 0) is 6.54 Å². The van der Waals surface area contributed by atoms with E-state index >= 15 is 0 Å². The molecule has 1 aliphatic rings. The second kappa shape index (κ2) is 6.05. The van der Waals surface area contributed by atoms with Crippen LogP contribution in [0, 0.1) is 0 Å². The Hall–Kier alpha value is -0.280. The Kier molecular flexibility index (Phi) is 4.69. The first-order chi connectivity index (χ1) is 8.18. The maximum absolute atomic E-state index is 6.21. The van der Waals surface area contributed by atoms with Crippen LogP contribution in [0.15, 0.2) is 18.2 Å². The van der Waals surface area contributed by atoms with Gasteiger partial charge in [0.1, 0.15) is 0 Å². The average molecular weight is 273 g/mol. The number of benzene rings is 1. The summed E-state index contributed by atoms with van der Waals surface area (Å²) in [6, 6.07) is 6.22. The molecule has 1 heterocycles. The normalized spacial score (nSPS) is 22.4. The van der Waals surface area contributed by atoms with Crippen LogP contribution in [0.5, 0.6) is 0 Å². The van der Waals surface area contributed by atoms with Crippen molar-refractivity contribution in [1.29, 1.82) is 0 Å². The zero-order chi connectivity index (χ0) is 12.3. The Morgan fingerprint density at radius 2 is 2.06 bits per heavy atom. The van der Waals surface area contributed by atoms with Gasteiger partial charge in [-0.15, -0.1) is 0 Å². The monoisotopic (exact) mass is 272 g/mol. The van der Waals surface area contributed by atoms with Crippen molar-refractivity contribution in [2.24, 2.45) is 0 Å². The molecule has 0 aromatic heterocycles. The predicted molar refractivity (Wildman–Crippen MR) is 73.8 cm³/mol. The number of halogens is 2. The summed E-state index contributed by atoms with van der Waals surface area (Å²) in [6.07, 6.45) is 1.17. The topological polar surface area (TPSA) is 15.3 Å². The summed E-state index contributed by atoms with van der Waals surface area (Å²) in [7, 11) is 0. The van der Waals surface area contributed by atoms with Gasteiger partial charge in [0.15, 0.2) is 0 Å². The van der Waals surface area contributed by atoms with E-state index in [9.17, 15) is 0 Å². The average Bonchev–Trinajstić information content (AvgIpc) is 2.49. The van der Waals surface area contributed by atoms with Crippen molar-refractivity contribution in [3.63, 3.8) is 0 Å². The SMILES string of the molecule is CC1CNCCCN1Cc1c(Cl)cccc1Cl. The zero-order valence-electron chi connectivity index (χ0n) is 10.0. The Morgan fingerprint density at radius 3 is 2.76 bits per heavy atom. The molecular weight excluding hydrogens is 255 g/mol. The molecule has 0 radical (unpaired) electrons. The summed E-state index contributed by atoms with van der Waals surface area (Å²) in [6.45, 7) is 6.29. The van der Waals surface area contributed by atoms with Crippen molar-refractivity contribution < 1.29 is 0 Å². The van der Waals surface area contributed by atoms with E-state index in [-0.39, 0.29) is 0 Å². The van der Waals surface area contributed by atoms with Crippen LogP contribution in [0.1, 0.15) is 18.9 Å². The summed E-state index contributed by atoms with van der Waals surface area (Å²) in [5.74, 6) is 0. The molecule has 2 nitrogen and oxygen atoms in total. The summed E-state index contributed by atoms with van der Waals surface area (Å²) < 4.78 is 0. The van der Waals surface area contributed by atoms with Gasteiger partial charge in [-0.05, 0) is 32.0 Å². The summed E-state index contributed by atoms with van der Waals surface area (Å²) >= 11 is 12.4. The van der Waals surface area contributed by atoms with Crippen LogP contribution in [-0.4, -0.2) is 30.6 Å². The summed E-state index contributed by atoms with van der Waals surface area (Å²) in [4.78, 5) is 2.44. The number of hydrogen-bond donors (Lipinski definition) is 1. The van der Waals surface area contributed by atoms with Gasteiger partial charge in [0.2, 0.25) is 0 Å². The molecule has 1 atom stereocenters. The third-order valence-corrected chi connectivity index (χ3v) is 3.99. The molecule has 1 fully saturated rings. The Balaban J connectivity index is 2.13. The molecule has 0 saturated carbocycles. The molecule has 1 N–H and O–H groups in total. The molecule has 0 bridgehead atoms. The molecule has 0 aliphatic carbocycles. The lowest BCUT2D eigenvalue weighted by Gasteiger charge is -2.27. The lowest BCUT2D eigenvalue weighted by Crippen LogP contribution is -2.36. The highest BCUT2D eigenvalue weighted by Gasteiger charge is 2.18. The minimum Gasteiger partial charge on any atom is -0.315 e. The van der Waals surface area contributed by atoms with Gasteiger partial charge in [0.25, 0.3) is 0 Å². The van der Waals surface area contributed by atoms with Crippen molar-refractivity contribution in [2.75, 3.05) is 19.6 Å². The molecular formula is C13H18Cl2N2. The number of nitrogens with one attached hydrogen (secondary N) is 1. The van der Waals surface area contributed by atoms with E-state index in [0.29, 0.717) is 6.04 Å². The summed E-state index contributed by atoms with van der Waals surface area (Å²) in [5.41, 5.74) is 1.05. The van der Waals surface area contributed by atoms with E-state index in [4.69, 9.17) is 23.2 Å². The smallest absolute Gasteiger partial charge is 0.0465 e. The largest absolute Gasteiger partial charge is 0.315 e. The van der Waals surface area contributed by atoms with E-state index in [1.54, 1.807) is 0 Å². The fourth-order valence-electron chi connectivity index (χ4n) is 2.19. The number of hydrogen-bond acceptors (Lipinski definition) is 2. The van der Waals surface area contributed by atoms with Crippen LogP contribution in [0.4, 0.5) is 0 Å². The zero-order valence-corrected chi connectivity index (χ0v) is 11.6. The lowest BCUT2D eigenvalue weighted by molar-refractivity contribution is 0.214. The van der Waals surface area contributed by atoms with Gasteiger partial charge in [0, 0.05) is 41.3 Å². The van der Waals surface area contributed by atoms with Crippen molar-refractivity contribution in [2.45, 2.75) is 25.9 Å². The minimum absolute atomic E-state index is 0.518. The fraction of sp³-hybridized carbons (Fsp3) is 0.538. The highest BCUT2D eigenvalue weighted by atomic mass is 35.5. The Morgan fingerprint density at radius 1 is 1.35 bits per heavy atom. The van der Waals surface area contributed by atoms with Crippen LogP contribution in [0.3, 0.4) is 0 Å². The number of nitrogens with zero attached hydrogens (tertiary/aromatic N) is 1. The van der Waals surface area contributed by atoms with Gasteiger partial charge in [-0.2, -0.15) is 0 Å². The van der Waals surface area contributed by atoms with Gasteiger partial charge in [-0.3, -0.25) is 4.90 Å². The lowest BCUT2D eigenvalue weighted by atomic mass is 10.1. The number of rotatable bonds is 2. The maximum atomic E-state index is 6.21. The van der Waals surface area contributed by atoms with Crippen LogP contribution >= 0.6 is 23.2 Å². The second-order valence-corrected chi connectivity index (χ2v) is 5.39. The molecule has 2 rings (SSSR count). The van der Waals surface area contributed by atoms with Gasteiger partial charge in [-0.1, -0.05) is 29.3 Å². The Bertz CT molecular complexity index is 361. The van der Waals surface area contributed by atoms with Gasteiger partial charge >= 0.3 is 0 Å². The van der Waals surface area contributed by atoms with Crippen molar-refractivity contribution in [3.05, 3.63) is 33.8 Å². The first-order valence-corrected chi connectivity index (χ1v) is 6.81. The van der Waals surface area contributed by atoms with Gasteiger partial charge in [0.05, 0.1) is 0 Å². The van der Waals surface area contributed by atoms with E-state index in [1.165, 1.54) is 6.42 Å². The van der Waals surface area contributed by atoms with Crippen molar-refractivity contribution >= 4 is 23.2 Å². The Labute approximate surface area is 113 Å². The fourth-order valence-corrected chi connectivity index (χ4v) is 2.71. The van der Waals surface area contributed by atoms with Crippen LogP contribution in [0.2, 0.25) is 10.0 Å². The standard InChI is InChI=1S/C13H18Cl2N2/c1-10-8-16-6-3-7-17(10)9-11-12(14)4-2-5-13(11)15/h2,4-5,10,16H,3,6-9H2,1H3. The van der Waals surface area contributed by atoms with E-state index < -0.39 is 0 Å². The molecule has 4 heteroatoms. The maximum Gasteiger partial charge on any atom is 0.0465 e. The molecule has 1 aromatic rings.